The molecule has 2 nitrogen and oxygen atoms in total. The van der Waals surface area contributed by atoms with Crippen molar-refractivity contribution in [2.45, 2.75) is 121 Å². The first-order chi connectivity index (χ1) is 12.7. The van der Waals surface area contributed by atoms with E-state index >= 15 is 0 Å². The summed E-state index contributed by atoms with van der Waals surface area (Å²) in [6, 6.07) is 0. The average Bonchev–Trinajstić information content (AvgIpc) is 2.62. The normalized spacial score (nSPS) is 45.8. The van der Waals surface area contributed by atoms with E-state index < -0.39 is 10.00 Å². The first-order valence-corrected chi connectivity index (χ1v) is 12.4. The monoisotopic (exact) mass is 418 g/mol. The van der Waals surface area contributed by atoms with Gasteiger partial charge in [-0.1, -0.05) is 53.4 Å². The number of halogens is 2. The van der Waals surface area contributed by atoms with Gasteiger partial charge >= 0.3 is 0 Å². The van der Waals surface area contributed by atoms with E-state index in [1.165, 1.54) is 12.8 Å². The molecule has 0 radical (unpaired) electrons. The van der Waals surface area contributed by atoms with Crippen molar-refractivity contribution in [3.63, 3.8) is 0 Å². The Hall–Kier alpha value is 0.500. The van der Waals surface area contributed by atoms with E-state index in [-0.39, 0.29) is 10.8 Å². The van der Waals surface area contributed by atoms with E-state index in [2.05, 4.69) is 27.7 Å². The second-order valence-electron chi connectivity index (χ2n) is 9.72. The molecule has 4 heteroatoms. The quantitative estimate of drug-likeness (QED) is 0.324. The van der Waals surface area contributed by atoms with Gasteiger partial charge in [-0.15, -0.1) is 23.2 Å². The van der Waals surface area contributed by atoms with Gasteiger partial charge in [0.25, 0.3) is 0 Å². The maximum Gasteiger partial charge on any atom is 0.0995 e. The predicted octanol–water partition coefficient (Wildman–Crippen LogP) is 7.16. The number of rotatable bonds is 8. The van der Waals surface area contributed by atoms with Crippen molar-refractivity contribution >= 4 is 23.2 Å². The SMILES string of the molecule is CCCC1(CC)CCCC(CC2CCCC(CC)(CCC)C2(N)Cl)C1(N)Cl. The Morgan fingerprint density at radius 2 is 1.11 bits per heavy atom. The zero-order chi connectivity index (χ0) is 20.3. The van der Waals surface area contributed by atoms with Crippen molar-refractivity contribution in [2.75, 3.05) is 0 Å². The van der Waals surface area contributed by atoms with Crippen molar-refractivity contribution in [2.24, 2.45) is 34.1 Å². The summed E-state index contributed by atoms with van der Waals surface area (Å²) in [7, 11) is 0. The van der Waals surface area contributed by atoms with Gasteiger partial charge in [-0.25, -0.2) is 0 Å². The number of hydrogen-bond donors (Lipinski definition) is 2. The molecule has 0 bridgehead atoms. The van der Waals surface area contributed by atoms with Gasteiger partial charge in [0.1, 0.15) is 0 Å². The molecular formula is C23H44Cl2N2. The Labute approximate surface area is 178 Å². The molecule has 4 N–H and O–H groups in total. The fourth-order valence-corrected chi connectivity index (χ4v) is 7.85. The smallest absolute Gasteiger partial charge is 0.0995 e. The topological polar surface area (TPSA) is 52.0 Å². The minimum atomic E-state index is -0.639. The summed E-state index contributed by atoms with van der Waals surface area (Å²) >= 11 is 14.4. The van der Waals surface area contributed by atoms with Gasteiger partial charge in [0.05, 0.1) is 10.00 Å². The molecule has 6 unspecified atom stereocenters. The molecule has 0 aliphatic heterocycles. The van der Waals surface area contributed by atoms with Crippen LogP contribution in [0.25, 0.3) is 0 Å². The molecule has 0 aromatic heterocycles. The van der Waals surface area contributed by atoms with Crippen molar-refractivity contribution in [3.05, 3.63) is 0 Å². The van der Waals surface area contributed by atoms with Crippen LogP contribution >= 0.6 is 23.2 Å². The lowest BCUT2D eigenvalue weighted by molar-refractivity contribution is 0.00629. The molecule has 0 aromatic carbocycles. The van der Waals surface area contributed by atoms with E-state index in [4.69, 9.17) is 34.7 Å². The molecular weight excluding hydrogens is 375 g/mol. The molecule has 0 amide bonds. The maximum atomic E-state index is 7.21. The Balaban J connectivity index is 2.26. The van der Waals surface area contributed by atoms with E-state index in [1.807, 2.05) is 0 Å². The second kappa shape index (κ2) is 9.11. The minimum Gasteiger partial charge on any atom is -0.312 e. The summed E-state index contributed by atoms with van der Waals surface area (Å²) in [4.78, 5) is -1.28. The van der Waals surface area contributed by atoms with E-state index in [0.717, 1.165) is 70.6 Å². The van der Waals surface area contributed by atoms with Crippen molar-refractivity contribution < 1.29 is 0 Å². The molecule has 2 aliphatic rings. The molecule has 2 rings (SSSR count). The van der Waals surface area contributed by atoms with E-state index in [9.17, 15) is 0 Å². The average molecular weight is 420 g/mol. The van der Waals surface area contributed by atoms with Crippen LogP contribution in [0.4, 0.5) is 0 Å². The Kier molecular flexibility index (Phi) is 8.02. The summed E-state index contributed by atoms with van der Waals surface area (Å²) in [5, 5.41) is 0. The number of hydrogen-bond acceptors (Lipinski definition) is 2. The summed E-state index contributed by atoms with van der Waals surface area (Å²) in [6.45, 7) is 9.03. The zero-order valence-electron chi connectivity index (χ0n) is 18.3. The zero-order valence-corrected chi connectivity index (χ0v) is 19.8. The largest absolute Gasteiger partial charge is 0.312 e. The highest BCUT2D eigenvalue weighted by Gasteiger charge is 2.57. The fraction of sp³-hybridized carbons (Fsp3) is 1.00. The first-order valence-electron chi connectivity index (χ1n) is 11.6. The minimum absolute atomic E-state index is 0.0513. The number of nitrogens with two attached hydrogens (primary N) is 2. The molecule has 6 atom stereocenters. The van der Waals surface area contributed by atoms with Crippen LogP contribution in [0.2, 0.25) is 0 Å². The van der Waals surface area contributed by atoms with Gasteiger partial charge in [0.15, 0.2) is 0 Å². The first kappa shape index (κ1) is 23.8. The Bertz CT molecular complexity index is 429. The van der Waals surface area contributed by atoms with Gasteiger partial charge in [0.2, 0.25) is 0 Å². The molecule has 2 aliphatic carbocycles. The van der Waals surface area contributed by atoms with Crippen LogP contribution in [-0.4, -0.2) is 10.00 Å². The maximum absolute atomic E-state index is 7.21. The predicted molar refractivity (Wildman–Crippen MR) is 120 cm³/mol. The molecule has 160 valence electrons. The van der Waals surface area contributed by atoms with Gasteiger partial charge in [-0.3, -0.25) is 0 Å². The third kappa shape index (κ3) is 4.07. The molecule has 0 heterocycles. The van der Waals surface area contributed by atoms with Crippen LogP contribution < -0.4 is 11.5 Å². The Morgan fingerprint density at radius 3 is 1.41 bits per heavy atom. The van der Waals surface area contributed by atoms with Crippen LogP contribution in [0.5, 0.6) is 0 Å². The second-order valence-corrected chi connectivity index (χ2v) is 11.0. The lowest BCUT2D eigenvalue weighted by atomic mass is 9.57. The van der Waals surface area contributed by atoms with Crippen molar-refractivity contribution in [3.8, 4) is 0 Å². The fourth-order valence-electron chi connectivity index (χ4n) is 6.80. The van der Waals surface area contributed by atoms with Crippen LogP contribution in [0.1, 0.15) is 111 Å². The summed E-state index contributed by atoms with van der Waals surface area (Å²) < 4.78 is 0. The molecule has 2 fully saturated rings. The third-order valence-electron chi connectivity index (χ3n) is 8.61. The van der Waals surface area contributed by atoms with Gasteiger partial charge in [0, 0.05) is 10.8 Å². The van der Waals surface area contributed by atoms with Crippen LogP contribution in [-0.2, 0) is 0 Å². The standard InChI is InChI=1S/C23H44Cl2N2/c1-5-13-20(7-3)15-9-11-18(22(20,24)26)17-19-12-10-16-21(8-4,14-6-2)23(19,25)27/h18-19H,5-17,26-27H2,1-4H3. The van der Waals surface area contributed by atoms with E-state index in [1.54, 1.807) is 0 Å². The van der Waals surface area contributed by atoms with Crippen LogP contribution in [0.3, 0.4) is 0 Å². The number of alkyl halides is 2. The van der Waals surface area contributed by atoms with Crippen LogP contribution in [0.15, 0.2) is 0 Å². The lowest BCUT2D eigenvalue weighted by Gasteiger charge is -2.56. The summed E-state index contributed by atoms with van der Waals surface area (Å²) in [6.07, 6.45) is 14.6. The highest BCUT2D eigenvalue weighted by molar-refractivity contribution is 6.25. The molecule has 2 saturated carbocycles. The third-order valence-corrected chi connectivity index (χ3v) is 10.0. The van der Waals surface area contributed by atoms with Crippen molar-refractivity contribution in [1.29, 1.82) is 0 Å². The molecule has 0 spiro atoms. The lowest BCUT2D eigenvalue weighted by Crippen LogP contribution is -2.62. The summed E-state index contributed by atoms with van der Waals surface area (Å²) in [5.74, 6) is 0.612. The van der Waals surface area contributed by atoms with Gasteiger partial charge in [-0.05, 0) is 69.6 Å². The Morgan fingerprint density at radius 1 is 0.741 bits per heavy atom. The van der Waals surface area contributed by atoms with Crippen molar-refractivity contribution in [1.82, 2.24) is 0 Å². The van der Waals surface area contributed by atoms with E-state index in [0.29, 0.717) is 11.8 Å². The highest BCUT2D eigenvalue weighted by atomic mass is 35.5. The highest BCUT2D eigenvalue weighted by Crippen LogP contribution is 2.59. The van der Waals surface area contributed by atoms with Crippen LogP contribution in [0, 0.1) is 22.7 Å². The molecule has 0 aromatic rings. The van der Waals surface area contributed by atoms with Gasteiger partial charge in [-0.2, -0.15) is 0 Å². The molecule has 27 heavy (non-hydrogen) atoms. The summed E-state index contributed by atoms with van der Waals surface area (Å²) in [5.41, 5.74) is 14.0. The van der Waals surface area contributed by atoms with Gasteiger partial charge < -0.3 is 11.5 Å². The molecule has 0 saturated heterocycles.